The van der Waals surface area contributed by atoms with Crippen LogP contribution in [0.15, 0.2) is 72.9 Å². The summed E-state index contributed by atoms with van der Waals surface area (Å²) in [5, 5.41) is 9.76. The van der Waals surface area contributed by atoms with Gasteiger partial charge in [0.2, 0.25) is 0 Å². The lowest BCUT2D eigenvalue weighted by molar-refractivity contribution is -0.147. The van der Waals surface area contributed by atoms with E-state index in [0.717, 1.165) is 57.8 Å². The summed E-state index contributed by atoms with van der Waals surface area (Å²) in [5.41, 5.74) is 5.20. The number of hydrogen-bond donors (Lipinski definition) is 3. The molecule has 0 saturated heterocycles. The summed E-state index contributed by atoms with van der Waals surface area (Å²) >= 11 is 0. The molecule has 0 aromatic rings. The number of unbranched alkanes of at least 4 members (excludes halogenated alkanes) is 14. The van der Waals surface area contributed by atoms with E-state index in [1.165, 1.54) is 77.0 Å². The molecule has 0 rings (SSSR count). The molecule has 0 aliphatic carbocycles. The Balaban J connectivity index is 3.42. The smallest absolute Gasteiger partial charge is 0.463 e. The maximum absolute atomic E-state index is 11.8. The second-order valence-corrected chi connectivity index (χ2v) is 14.1. The van der Waals surface area contributed by atoms with E-state index in [1.54, 1.807) is 0 Å². The maximum Gasteiger partial charge on any atom is 0.472 e. The zero-order valence-electron chi connectivity index (χ0n) is 31.4. The van der Waals surface area contributed by atoms with Crippen LogP contribution in [-0.2, 0) is 23.1 Å². The predicted molar refractivity (Wildman–Crippen MR) is 210 cm³/mol. The fraction of sp³-hybridized carbons (Fsp3) is 0.683. The van der Waals surface area contributed by atoms with Crippen molar-refractivity contribution in [3.05, 3.63) is 72.9 Å². The van der Waals surface area contributed by atoms with Crippen LogP contribution in [-0.4, -0.2) is 48.4 Å². The molecule has 0 aliphatic heterocycles. The molecule has 0 aliphatic rings. The number of aliphatic hydroxyl groups excluding tert-OH is 1. The van der Waals surface area contributed by atoms with Gasteiger partial charge < -0.3 is 20.5 Å². The van der Waals surface area contributed by atoms with E-state index >= 15 is 0 Å². The largest absolute Gasteiger partial charge is 0.472 e. The van der Waals surface area contributed by atoms with Crippen LogP contribution < -0.4 is 5.73 Å². The molecule has 0 radical (unpaired) electrons. The van der Waals surface area contributed by atoms with Gasteiger partial charge in [0.1, 0.15) is 12.7 Å². The molecule has 8 nitrogen and oxygen atoms in total. The number of carbonyl (C=O) groups is 1. The van der Waals surface area contributed by atoms with Crippen molar-refractivity contribution in [3.63, 3.8) is 0 Å². The maximum atomic E-state index is 11.8. The minimum Gasteiger partial charge on any atom is -0.463 e. The summed E-state index contributed by atoms with van der Waals surface area (Å²) in [5.74, 6) is -0.388. The van der Waals surface area contributed by atoms with Gasteiger partial charge in [-0.25, -0.2) is 4.57 Å². The van der Waals surface area contributed by atoms with Crippen LogP contribution in [0.4, 0.5) is 0 Å². The lowest BCUT2D eigenvalue weighted by Crippen LogP contribution is -2.23. The normalized spacial score (nSPS) is 14.4. The fourth-order valence-electron chi connectivity index (χ4n) is 4.99. The highest BCUT2D eigenvalue weighted by Gasteiger charge is 2.22. The van der Waals surface area contributed by atoms with Crippen LogP contribution in [0, 0.1) is 0 Å². The summed E-state index contributed by atoms with van der Waals surface area (Å²) in [4.78, 5) is 21.2. The van der Waals surface area contributed by atoms with Crippen molar-refractivity contribution in [2.24, 2.45) is 5.73 Å². The number of esters is 1. The molecule has 4 N–H and O–H groups in total. The molecule has 0 bridgehead atoms. The van der Waals surface area contributed by atoms with E-state index in [4.69, 9.17) is 10.5 Å². The van der Waals surface area contributed by atoms with Gasteiger partial charge in [-0.05, 0) is 57.8 Å². The number of hydrogen-bond acceptors (Lipinski definition) is 7. The minimum atomic E-state index is -4.25. The van der Waals surface area contributed by atoms with Crippen LogP contribution in [0.5, 0.6) is 0 Å². The zero-order valence-corrected chi connectivity index (χ0v) is 32.2. The number of phosphoric ester groups is 1. The van der Waals surface area contributed by atoms with Crippen molar-refractivity contribution < 1.29 is 33.1 Å². The molecular weight excluding hydrogens is 649 g/mol. The molecule has 0 spiro atoms. The molecular formula is C41H72NO7P. The topological polar surface area (TPSA) is 128 Å². The molecule has 2 atom stereocenters. The molecule has 2 unspecified atom stereocenters. The molecule has 50 heavy (non-hydrogen) atoms. The van der Waals surface area contributed by atoms with Gasteiger partial charge in [-0.1, -0.05) is 157 Å². The SMILES string of the molecule is CC/C=C\C/C=C\C/C=C\C/C=C\C/C=C\C/C=C\CCCCCCCCCCCCCCCCC(=O)OCC(O)COP(=O)(O)OCCN. The van der Waals surface area contributed by atoms with Crippen LogP contribution in [0.25, 0.3) is 0 Å². The lowest BCUT2D eigenvalue weighted by Gasteiger charge is -2.15. The Labute approximate surface area is 305 Å². The van der Waals surface area contributed by atoms with Crippen LogP contribution in [0.1, 0.15) is 148 Å². The van der Waals surface area contributed by atoms with E-state index in [0.29, 0.717) is 6.42 Å². The minimum absolute atomic E-state index is 0.0720. The molecule has 0 aromatic carbocycles. The van der Waals surface area contributed by atoms with E-state index in [-0.39, 0.29) is 25.7 Å². The molecule has 288 valence electrons. The Morgan fingerprint density at radius 1 is 0.600 bits per heavy atom. The molecule has 0 saturated carbocycles. The van der Waals surface area contributed by atoms with Crippen LogP contribution in [0.2, 0.25) is 0 Å². The van der Waals surface area contributed by atoms with Gasteiger partial charge in [-0.15, -0.1) is 0 Å². The number of allylic oxidation sites excluding steroid dienone is 12. The highest BCUT2D eigenvalue weighted by molar-refractivity contribution is 7.47. The van der Waals surface area contributed by atoms with E-state index in [2.05, 4.69) is 88.9 Å². The first-order chi connectivity index (χ1) is 24.4. The summed E-state index contributed by atoms with van der Waals surface area (Å²) in [6, 6.07) is 0. The van der Waals surface area contributed by atoms with Gasteiger partial charge in [0.25, 0.3) is 0 Å². The Morgan fingerprint density at radius 2 is 1.00 bits per heavy atom. The second-order valence-electron chi connectivity index (χ2n) is 12.6. The standard InChI is InChI=1S/C41H72NO7P/c1-2-3-4-5-6-7-8-9-10-11-12-13-14-15-16-17-18-19-20-21-22-23-24-25-26-27-28-29-30-31-32-33-34-35-41(44)47-38-40(43)39-49-50(45,46)48-37-36-42/h3-4,6-7,9-10,12-13,15-16,18-19,40,43H,2,5,8,11,14,17,20-39,42H2,1H3,(H,45,46)/b4-3-,7-6-,10-9-,13-12-,16-15-,19-18-. The number of rotatable bonds is 36. The summed E-state index contributed by atoms with van der Waals surface area (Å²) < 4.78 is 25.7. The third-order valence-electron chi connectivity index (χ3n) is 7.84. The first kappa shape index (κ1) is 47.9. The predicted octanol–water partition coefficient (Wildman–Crippen LogP) is 10.9. The molecule has 0 fully saturated rings. The Kier molecular flexibility index (Phi) is 36.6. The second kappa shape index (κ2) is 38.2. The number of phosphoric acid groups is 1. The Bertz CT molecular complexity index is 989. The van der Waals surface area contributed by atoms with E-state index in [1.807, 2.05) is 0 Å². The average Bonchev–Trinajstić information content (AvgIpc) is 3.11. The van der Waals surface area contributed by atoms with Crippen molar-refractivity contribution in [1.29, 1.82) is 0 Å². The quantitative estimate of drug-likeness (QED) is 0.0252. The van der Waals surface area contributed by atoms with E-state index in [9.17, 15) is 19.4 Å². The van der Waals surface area contributed by atoms with Crippen molar-refractivity contribution >= 4 is 13.8 Å². The van der Waals surface area contributed by atoms with Crippen molar-refractivity contribution in [2.45, 2.75) is 154 Å². The fourth-order valence-corrected chi connectivity index (χ4v) is 5.76. The number of aliphatic hydroxyl groups is 1. The highest BCUT2D eigenvalue weighted by Crippen LogP contribution is 2.42. The molecule has 0 aromatic heterocycles. The summed E-state index contributed by atoms with van der Waals surface area (Å²) in [6.45, 7) is 1.34. The first-order valence-electron chi connectivity index (χ1n) is 19.5. The molecule has 0 amide bonds. The van der Waals surface area contributed by atoms with Gasteiger partial charge in [0.15, 0.2) is 0 Å². The Hall–Kier alpha value is -2.06. The third-order valence-corrected chi connectivity index (χ3v) is 8.82. The van der Waals surface area contributed by atoms with Gasteiger partial charge in [0.05, 0.1) is 13.2 Å². The van der Waals surface area contributed by atoms with Gasteiger partial charge in [-0.3, -0.25) is 13.8 Å². The van der Waals surface area contributed by atoms with Crippen molar-refractivity contribution in [2.75, 3.05) is 26.4 Å². The van der Waals surface area contributed by atoms with E-state index < -0.39 is 20.5 Å². The summed E-state index contributed by atoms with van der Waals surface area (Å²) in [7, 11) is -4.25. The number of ether oxygens (including phenoxy) is 1. The number of nitrogens with two attached hydrogens (primary N) is 1. The molecule has 9 heteroatoms. The van der Waals surface area contributed by atoms with Crippen LogP contribution in [0.3, 0.4) is 0 Å². The van der Waals surface area contributed by atoms with Crippen molar-refractivity contribution in [1.82, 2.24) is 0 Å². The highest BCUT2D eigenvalue weighted by atomic mass is 31.2. The van der Waals surface area contributed by atoms with Crippen molar-refractivity contribution in [3.8, 4) is 0 Å². The average molecular weight is 722 g/mol. The monoisotopic (exact) mass is 722 g/mol. The van der Waals surface area contributed by atoms with Crippen LogP contribution >= 0.6 is 7.82 Å². The van der Waals surface area contributed by atoms with Gasteiger partial charge >= 0.3 is 13.8 Å². The summed E-state index contributed by atoms with van der Waals surface area (Å²) in [6.07, 6.45) is 50.7. The number of carbonyl (C=O) groups excluding carboxylic acids is 1. The third kappa shape index (κ3) is 38.7. The van der Waals surface area contributed by atoms with Gasteiger partial charge in [0, 0.05) is 13.0 Å². The Morgan fingerprint density at radius 3 is 1.44 bits per heavy atom. The van der Waals surface area contributed by atoms with Gasteiger partial charge in [-0.2, -0.15) is 0 Å². The zero-order chi connectivity index (χ0) is 36.6. The first-order valence-corrected chi connectivity index (χ1v) is 21.0. The lowest BCUT2D eigenvalue weighted by atomic mass is 10.0. The molecule has 0 heterocycles.